The maximum Gasteiger partial charge on any atom is 0.211 e. The zero-order chi connectivity index (χ0) is 16.2. The first-order valence-electron chi connectivity index (χ1n) is 7.22. The number of benzene rings is 1. The van der Waals surface area contributed by atoms with Crippen molar-refractivity contribution in [3.63, 3.8) is 0 Å². The van der Waals surface area contributed by atoms with Crippen LogP contribution in [-0.2, 0) is 11.2 Å². The fourth-order valence-corrected chi connectivity index (χ4v) is 1.99. The summed E-state index contributed by atoms with van der Waals surface area (Å²) >= 11 is 0. The van der Waals surface area contributed by atoms with Crippen molar-refractivity contribution in [1.82, 2.24) is 5.32 Å². The molecule has 0 aliphatic carbocycles. The Morgan fingerprint density at radius 1 is 1.41 bits per heavy atom. The van der Waals surface area contributed by atoms with Crippen molar-refractivity contribution in [1.29, 1.82) is 0 Å². The molecule has 0 aliphatic rings. The van der Waals surface area contributed by atoms with Gasteiger partial charge in [0.15, 0.2) is 0 Å². The summed E-state index contributed by atoms with van der Waals surface area (Å²) in [5, 5.41) is 15.4. The van der Waals surface area contributed by atoms with Crippen molar-refractivity contribution in [2.24, 2.45) is 0 Å². The van der Waals surface area contributed by atoms with E-state index in [1.54, 1.807) is 18.2 Å². The highest BCUT2D eigenvalue weighted by atomic mass is 16.3. The first kappa shape index (κ1) is 17.5. The molecule has 0 saturated carbocycles. The molecule has 0 radical (unpaired) electrons. The molecule has 3 N–H and O–H groups in total. The van der Waals surface area contributed by atoms with Gasteiger partial charge < -0.3 is 15.7 Å². The normalized spacial score (nSPS) is 11.4. The van der Waals surface area contributed by atoms with E-state index in [1.165, 1.54) is 5.57 Å². The molecule has 0 bridgehead atoms. The Labute approximate surface area is 131 Å². The number of hydrogen-bond acceptors (Lipinski definition) is 3. The molecule has 4 nitrogen and oxygen atoms in total. The van der Waals surface area contributed by atoms with Crippen molar-refractivity contribution in [2.75, 3.05) is 18.4 Å². The van der Waals surface area contributed by atoms with Crippen LogP contribution in [0.15, 0.2) is 42.0 Å². The van der Waals surface area contributed by atoms with Crippen LogP contribution in [0.4, 0.5) is 5.69 Å². The Bertz CT molecular complexity index is 583. The summed E-state index contributed by atoms with van der Waals surface area (Å²) in [5.74, 6) is 2.55. The first-order chi connectivity index (χ1) is 10.7. The third-order valence-electron chi connectivity index (χ3n) is 3.22. The quantitative estimate of drug-likeness (QED) is 0.216. The topological polar surface area (TPSA) is 61.4 Å². The van der Waals surface area contributed by atoms with Crippen LogP contribution < -0.4 is 10.6 Å². The molecule has 1 amide bonds. The van der Waals surface area contributed by atoms with Gasteiger partial charge in [0.25, 0.3) is 0 Å². The minimum absolute atomic E-state index is 0.0711. The Hall–Kier alpha value is -2.51. The fourth-order valence-electron chi connectivity index (χ4n) is 1.99. The number of terminal acetylenes is 1. The highest BCUT2D eigenvalue weighted by molar-refractivity contribution is 5.75. The lowest BCUT2D eigenvalue weighted by Gasteiger charge is -2.08. The Morgan fingerprint density at radius 3 is 2.91 bits per heavy atom. The van der Waals surface area contributed by atoms with Crippen molar-refractivity contribution < 1.29 is 9.90 Å². The molecule has 0 atom stereocenters. The summed E-state index contributed by atoms with van der Waals surface area (Å²) in [6, 6.07) is 5.21. The molecule has 0 fully saturated rings. The number of allylic oxidation sites excluding steroid dienone is 3. The van der Waals surface area contributed by atoms with Crippen LogP contribution in [0.25, 0.3) is 0 Å². The van der Waals surface area contributed by atoms with Crippen molar-refractivity contribution >= 4 is 12.1 Å². The van der Waals surface area contributed by atoms with E-state index in [1.807, 2.05) is 25.1 Å². The van der Waals surface area contributed by atoms with Crippen LogP contribution in [0.1, 0.15) is 18.9 Å². The summed E-state index contributed by atoms with van der Waals surface area (Å²) in [7, 11) is 0. The molecular formula is C18H22N2O2. The van der Waals surface area contributed by atoms with E-state index in [2.05, 4.69) is 16.6 Å². The van der Waals surface area contributed by atoms with Gasteiger partial charge in [-0.3, -0.25) is 4.79 Å². The number of aromatic hydroxyl groups is 1. The molecule has 1 rings (SSSR count). The van der Waals surface area contributed by atoms with Gasteiger partial charge in [-0.25, -0.2) is 0 Å². The van der Waals surface area contributed by atoms with Gasteiger partial charge in [0.05, 0.1) is 5.69 Å². The SMILES string of the molecule is C#C/C=C\C(=C/C)CCNCCc1ccc(O)c(NC=O)c1. The van der Waals surface area contributed by atoms with Crippen LogP contribution in [-0.4, -0.2) is 24.6 Å². The van der Waals surface area contributed by atoms with Crippen LogP contribution in [0.5, 0.6) is 5.75 Å². The minimum atomic E-state index is 0.0711. The third-order valence-corrected chi connectivity index (χ3v) is 3.22. The average molecular weight is 298 g/mol. The zero-order valence-corrected chi connectivity index (χ0v) is 12.8. The first-order valence-corrected chi connectivity index (χ1v) is 7.22. The van der Waals surface area contributed by atoms with Crippen molar-refractivity contribution in [3.05, 3.63) is 47.6 Å². The Kier molecular flexibility index (Phi) is 8.17. The summed E-state index contributed by atoms with van der Waals surface area (Å²) in [4.78, 5) is 10.4. The monoisotopic (exact) mass is 298 g/mol. The molecule has 1 aromatic carbocycles. The summed E-state index contributed by atoms with van der Waals surface area (Å²) in [5.41, 5.74) is 2.68. The van der Waals surface area contributed by atoms with E-state index < -0.39 is 0 Å². The van der Waals surface area contributed by atoms with Crippen molar-refractivity contribution in [3.8, 4) is 18.1 Å². The van der Waals surface area contributed by atoms with Gasteiger partial charge in [-0.2, -0.15) is 0 Å². The zero-order valence-electron chi connectivity index (χ0n) is 12.8. The van der Waals surface area contributed by atoms with Gasteiger partial charge >= 0.3 is 0 Å². The number of phenols is 1. The maximum atomic E-state index is 10.4. The van der Waals surface area contributed by atoms with Gasteiger partial charge in [0.1, 0.15) is 5.75 Å². The summed E-state index contributed by atoms with van der Waals surface area (Å²) in [6.45, 7) is 3.68. The van der Waals surface area contributed by atoms with Crippen LogP contribution in [0, 0.1) is 12.3 Å². The number of phenolic OH excluding ortho intramolecular Hbond substituents is 1. The van der Waals surface area contributed by atoms with E-state index in [-0.39, 0.29) is 5.75 Å². The second kappa shape index (κ2) is 10.3. The second-order valence-corrected chi connectivity index (χ2v) is 4.73. The lowest BCUT2D eigenvalue weighted by Crippen LogP contribution is -2.18. The van der Waals surface area contributed by atoms with Crippen LogP contribution >= 0.6 is 0 Å². The van der Waals surface area contributed by atoms with Gasteiger partial charge in [-0.15, -0.1) is 6.42 Å². The predicted molar refractivity (Wildman–Crippen MR) is 90.7 cm³/mol. The Balaban J connectivity index is 2.36. The lowest BCUT2D eigenvalue weighted by atomic mass is 10.1. The number of hydrogen-bond donors (Lipinski definition) is 3. The fraction of sp³-hybridized carbons (Fsp3) is 0.278. The van der Waals surface area contributed by atoms with Crippen LogP contribution in [0.2, 0.25) is 0 Å². The number of anilines is 1. The van der Waals surface area contributed by atoms with Gasteiger partial charge in [-0.1, -0.05) is 29.7 Å². The number of carbonyl (C=O) groups excluding carboxylic acids is 1. The van der Waals surface area contributed by atoms with E-state index in [9.17, 15) is 9.90 Å². The van der Waals surface area contributed by atoms with E-state index >= 15 is 0 Å². The number of carbonyl (C=O) groups is 1. The molecular weight excluding hydrogens is 276 g/mol. The maximum absolute atomic E-state index is 10.4. The molecule has 4 heteroatoms. The molecule has 116 valence electrons. The number of rotatable bonds is 9. The third kappa shape index (κ3) is 6.29. The van der Waals surface area contributed by atoms with Gasteiger partial charge in [0, 0.05) is 0 Å². The number of nitrogens with one attached hydrogen (secondary N) is 2. The van der Waals surface area contributed by atoms with E-state index in [0.717, 1.165) is 31.5 Å². The molecule has 22 heavy (non-hydrogen) atoms. The highest BCUT2D eigenvalue weighted by Crippen LogP contribution is 2.23. The molecule has 0 aliphatic heterocycles. The Morgan fingerprint density at radius 2 is 2.23 bits per heavy atom. The summed E-state index contributed by atoms with van der Waals surface area (Å²) in [6.07, 6.45) is 13.2. The predicted octanol–water partition coefficient (Wildman–Crippen LogP) is 2.62. The molecule has 0 unspecified atom stereocenters. The molecule has 0 saturated heterocycles. The molecule has 0 aromatic heterocycles. The average Bonchev–Trinajstić information content (AvgIpc) is 2.53. The van der Waals surface area contributed by atoms with Crippen LogP contribution in [0.3, 0.4) is 0 Å². The lowest BCUT2D eigenvalue weighted by molar-refractivity contribution is -0.105. The second-order valence-electron chi connectivity index (χ2n) is 4.73. The molecule has 0 spiro atoms. The van der Waals surface area contributed by atoms with Gasteiger partial charge in [0.2, 0.25) is 6.41 Å². The largest absolute Gasteiger partial charge is 0.506 e. The molecule has 1 aromatic rings. The summed E-state index contributed by atoms with van der Waals surface area (Å²) < 4.78 is 0. The van der Waals surface area contributed by atoms with E-state index in [0.29, 0.717) is 12.1 Å². The standard InChI is InChI=1S/C18H22N2O2/c1-3-5-6-15(4-2)9-11-19-12-10-16-7-8-18(22)17(13-16)20-14-21/h1,4-8,13-14,19,22H,9-12H2,2H3,(H,20,21)/b6-5-,15-4+. The molecule has 0 heterocycles. The van der Waals surface area contributed by atoms with Gasteiger partial charge in [-0.05, 0) is 56.6 Å². The minimum Gasteiger partial charge on any atom is -0.506 e. The van der Waals surface area contributed by atoms with Crippen molar-refractivity contribution in [2.45, 2.75) is 19.8 Å². The highest BCUT2D eigenvalue weighted by Gasteiger charge is 2.02. The van der Waals surface area contributed by atoms with E-state index in [4.69, 9.17) is 6.42 Å². The number of amides is 1. The smallest absolute Gasteiger partial charge is 0.211 e.